The van der Waals surface area contributed by atoms with Gasteiger partial charge in [-0.2, -0.15) is 0 Å². The number of amides is 1. The highest BCUT2D eigenvalue weighted by molar-refractivity contribution is 5.79. The molecule has 0 saturated carbocycles. The van der Waals surface area contributed by atoms with Gasteiger partial charge in [-0.1, -0.05) is 0 Å². The van der Waals surface area contributed by atoms with Crippen LogP contribution >= 0.6 is 0 Å². The number of hydrogen-bond donors (Lipinski definition) is 3. The highest BCUT2D eigenvalue weighted by Gasteiger charge is 2.29. The molecule has 88 valence electrons. The molecule has 0 aliphatic carbocycles. The number of carbonyl (C=O) groups excluding carboxylic acids is 1. The Morgan fingerprint density at radius 3 is 2.73 bits per heavy atom. The Kier molecular flexibility index (Phi) is 4.11. The van der Waals surface area contributed by atoms with E-state index in [2.05, 4.69) is 10.6 Å². The summed E-state index contributed by atoms with van der Waals surface area (Å²) in [6.07, 6.45) is 1.44. The van der Waals surface area contributed by atoms with Gasteiger partial charge in [-0.05, 0) is 40.2 Å². The lowest BCUT2D eigenvalue weighted by Crippen LogP contribution is -2.54. The quantitative estimate of drug-likeness (QED) is 0.631. The number of piperidine rings is 1. The fourth-order valence-electron chi connectivity index (χ4n) is 1.60. The molecule has 1 unspecified atom stereocenters. The number of hydrogen-bond acceptors (Lipinski definition) is 3. The van der Waals surface area contributed by atoms with Gasteiger partial charge in [0.15, 0.2) is 0 Å². The molecule has 0 radical (unpaired) electrons. The van der Waals surface area contributed by atoms with Crippen molar-refractivity contribution in [3.8, 4) is 0 Å². The summed E-state index contributed by atoms with van der Waals surface area (Å²) in [5.41, 5.74) is -0.547. The minimum Gasteiger partial charge on any atom is -0.391 e. The minimum atomic E-state index is -0.547. The average Bonchev–Trinajstić information content (AvgIpc) is 2.18. The molecule has 1 fully saturated rings. The van der Waals surface area contributed by atoms with Crippen LogP contribution in [0.5, 0.6) is 0 Å². The predicted octanol–water partition coefficient (Wildman–Crippen LogP) is 0.262. The normalized spacial score (nSPS) is 24.7. The molecule has 0 aromatic carbocycles. The molecule has 1 heterocycles. The standard InChI is InChI=1S/C11H22N2O2/c1-8(14)11(2,3)13-10(15)9-5-4-6-12-7-9/h8-9,12,14H,4-7H2,1-3H3,(H,13,15)/t8?,9-/m0/s1. The molecule has 0 bridgehead atoms. The van der Waals surface area contributed by atoms with Crippen molar-refractivity contribution in [2.24, 2.45) is 5.92 Å². The molecule has 1 aliphatic rings. The molecular weight excluding hydrogens is 192 g/mol. The van der Waals surface area contributed by atoms with E-state index in [1.807, 2.05) is 13.8 Å². The van der Waals surface area contributed by atoms with E-state index in [9.17, 15) is 9.90 Å². The van der Waals surface area contributed by atoms with Crippen LogP contribution in [0.1, 0.15) is 33.6 Å². The smallest absolute Gasteiger partial charge is 0.224 e. The summed E-state index contributed by atoms with van der Waals surface area (Å²) in [4.78, 5) is 11.9. The van der Waals surface area contributed by atoms with E-state index in [1.165, 1.54) is 0 Å². The molecular formula is C11H22N2O2. The Hall–Kier alpha value is -0.610. The molecule has 1 aliphatic heterocycles. The van der Waals surface area contributed by atoms with Gasteiger partial charge in [-0.3, -0.25) is 4.79 Å². The van der Waals surface area contributed by atoms with Crippen LogP contribution in [0.4, 0.5) is 0 Å². The maximum Gasteiger partial charge on any atom is 0.224 e. The average molecular weight is 214 g/mol. The van der Waals surface area contributed by atoms with Crippen LogP contribution in [0.25, 0.3) is 0 Å². The lowest BCUT2D eigenvalue weighted by Gasteiger charge is -2.32. The third kappa shape index (κ3) is 3.47. The van der Waals surface area contributed by atoms with Crippen LogP contribution in [-0.2, 0) is 4.79 Å². The van der Waals surface area contributed by atoms with Gasteiger partial charge < -0.3 is 15.7 Å². The fourth-order valence-corrected chi connectivity index (χ4v) is 1.60. The summed E-state index contributed by atoms with van der Waals surface area (Å²) in [5, 5.41) is 15.6. The fraction of sp³-hybridized carbons (Fsp3) is 0.909. The largest absolute Gasteiger partial charge is 0.391 e. The molecule has 3 N–H and O–H groups in total. The van der Waals surface area contributed by atoms with Crippen LogP contribution in [0, 0.1) is 5.92 Å². The van der Waals surface area contributed by atoms with Gasteiger partial charge in [0.1, 0.15) is 0 Å². The summed E-state index contributed by atoms with van der Waals surface area (Å²) in [7, 11) is 0. The van der Waals surface area contributed by atoms with Gasteiger partial charge in [0.05, 0.1) is 17.6 Å². The van der Waals surface area contributed by atoms with Crippen molar-refractivity contribution in [2.45, 2.75) is 45.3 Å². The first-order valence-corrected chi connectivity index (χ1v) is 5.64. The van der Waals surface area contributed by atoms with Crippen molar-refractivity contribution in [2.75, 3.05) is 13.1 Å². The van der Waals surface area contributed by atoms with Gasteiger partial charge in [0, 0.05) is 6.54 Å². The molecule has 4 nitrogen and oxygen atoms in total. The van der Waals surface area contributed by atoms with Crippen molar-refractivity contribution >= 4 is 5.91 Å². The number of aliphatic hydroxyl groups is 1. The van der Waals surface area contributed by atoms with Crippen LogP contribution in [0.15, 0.2) is 0 Å². The lowest BCUT2D eigenvalue weighted by atomic mass is 9.94. The van der Waals surface area contributed by atoms with Gasteiger partial charge in [-0.15, -0.1) is 0 Å². The third-order valence-electron chi connectivity index (χ3n) is 3.16. The second-order valence-corrected chi connectivity index (χ2v) is 4.93. The van der Waals surface area contributed by atoms with E-state index in [4.69, 9.17) is 0 Å². The maximum atomic E-state index is 11.9. The third-order valence-corrected chi connectivity index (χ3v) is 3.16. The Morgan fingerprint density at radius 1 is 1.60 bits per heavy atom. The minimum absolute atomic E-state index is 0.0492. The van der Waals surface area contributed by atoms with E-state index >= 15 is 0 Å². The molecule has 0 aromatic rings. The molecule has 1 amide bonds. The second-order valence-electron chi connectivity index (χ2n) is 4.93. The summed E-state index contributed by atoms with van der Waals surface area (Å²) in [6.45, 7) is 7.13. The van der Waals surface area contributed by atoms with Crippen LogP contribution in [-0.4, -0.2) is 35.7 Å². The SMILES string of the molecule is CC(O)C(C)(C)NC(=O)[C@H]1CCCNC1. The first-order chi connectivity index (χ1) is 6.93. The molecule has 4 heteroatoms. The molecule has 2 atom stereocenters. The summed E-state index contributed by atoms with van der Waals surface area (Å²) in [5.74, 6) is 0.102. The van der Waals surface area contributed by atoms with E-state index in [1.54, 1.807) is 6.92 Å². The van der Waals surface area contributed by atoms with Crippen molar-refractivity contribution in [1.29, 1.82) is 0 Å². The Bertz CT molecular complexity index is 221. The lowest BCUT2D eigenvalue weighted by molar-refractivity contribution is -0.128. The Morgan fingerprint density at radius 2 is 2.27 bits per heavy atom. The zero-order valence-electron chi connectivity index (χ0n) is 9.84. The Balaban J connectivity index is 2.47. The molecule has 1 rings (SSSR count). The first-order valence-electron chi connectivity index (χ1n) is 5.64. The van der Waals surface area contributed by atoms with Crippen LogP contribution in [0.2, 0.25) is 0 Å². The molecule has 1 saturated heterocycles. The van der Waals surface area contributed by atoms with Gasteiger partial charge in [-0.25, -0.2) is 0 Å². The monoisotopic (exact) mass is 214 g/mol. The highest BCUT2D eigenvalue weighted by Crippen LogP contribution is 2.14. The van der Waals surface area contributed by atoms with Crippen molar-refractivity contribution in [1.82, 2.24) is 10.6 Å². The maximum absolute atomic E-state index is 11.9. The second kappa shape index (κ2) is 4.94. The highest BCUT2D eigenvalue weighted by atomic mass is 16.3. The van der Waals surface area contributed by atoms with E-state index < -0.39 is 11.6 Å². The van der Waals surface area contributed by atoms with E-state index in [0.29, 0.717) is 0 Å². The molecule has 0 spiro atoms. The summed E-state index contributed by atoms with van der Waals surface area (Å²) >= 11 is 0. The summed E-state index contributed by atoms with van der Waals surface area (Å²) in [6, 6.07) is 0. The molecule has 15 heavy (non-hydrogen) atoms. The number of aliphatic hydroxyl groups excluding tert-OH is 1. The van der Waals surface area contributed by atoms with Gasteiger partial charge >= 0.3 is 0 Å². The molecule has 0 aromatic heterocycles. The topological polar surface area (TPSA) is 61.4 Å². The van der Waals surface area contributed by atoms with Crippen LogP contribution < -0.4 is 10.6 Å². The van der Waals surface area contributed by atoms with Crippen molar-refractivity contribution in [3.05, 3.63) is 0 Å². The summed E-state index contributed by atoms with van der Waals surface area (Å²) < 4.78 is 0. The first kappa shape index (κ1) is 12.5. The van der Waals surface area contributed by atoms with Crippen molar-refractivity contribution < 1.29 is 9.90 Å². The van der Waals surface area contributed by atoms with Gasteiger partial charge in [0.2, 0.25) is 5.91 Å². The van der Waals surface area contributed by atoms with Gasteiger partial charge in [0.25, 0.3) is 0 Å². The zero-order valence-corrected chi connectivity index (χ0v) is 9.84. The van der Waals surface area contributed by atoms with E-state index in [0.717, 1.165) is 25.9 Å². The van der Waals surface area contributed by atoms with E-state index in [-0.39, 0.29) is 11.8 Å². The van der Waals surface area contributed by atoms with Crippen molar-refractivity contribution in [3.63, 3.8) is 0 Å². The predicted molar refractivity (Wildman–Crippen MR) is 59.5 cm³/mol. The zero-order chi connectivity index (χ0) is 11.5. The number of carbonyl (C=O) groups is 1. The van der Waals surface area contributed by atoms with Crippen LogP contribution in [0.3, 0.4) is 0 Å². The number of nitrogens with one attached hydrogen (secondary N) is 2. The Labute approximate surface area is 91.4 Å². The number of rotatable bonds is 3.